The van der Waals surface area contributed by atoms with Crippen LogP contribution in [-0.2, 0) is 29.1 Å². The summed E-state index contributed by atoms with van der Waals surface area (Å²) >= 11 is 0. The van der Waals surface area contributed by atoms with Crippen molar-refractivity contribution >= 4 is 22.9 Å². The monoisotopic (exact) mass is 461 g/mol. The van der Waals surface area contributed by atoms with E-state index in [2.05, 4.69) is 26.5 Å². The van der Waals surface area contributed by atoms with Crippen LogP contribution in [0.3, 0.4) is 0 Å². The van der Waals surface area contributed by atoms with Gasteiger partial charge in [0, 0.05) is 25.0 Å². The molecule has 1 fully saturated rings. The third kappa shape index (κ3) is 5.07. The standard InChI is InChI=1S/C26H31N5O3/c32-25-24(28-26(33)34-18-19-6-2-1-3-7-19)11-9-20-8-10-23-21(16-27-29-23)22(20)17-31(25)15-14-30-12-4-5-13-30/h1-3,6-8,10,16,24H,4-5,9,11-15,17-18H2,(H,27,29)(H,28,33)/t24-/m1/s1. The van der Waals surface area contributed by atoms with Crippen LogP contribution in [-0.4, -0.2) is 64.2 Å². The van der Waals surface area contributed by atoms with Crippen molar-refractivity contribution in [1.29, 1.82) is 0 Å². The van der Waals surface area contributed by atoms with Gasteiger partial charge in [0.05, 0.1) is 11.7 Å². The number of carbonyl (C=O) groups is 2. The maximum atomic E-state index is 13.6. The van der Waals surface area contributed by atoms with E-state index >= 15 is 0 Å². The maximum Gasteiger partial charge on any atom is 0.408 e. The Labute approximate surface area is 199 Å². The van der Waals surface area contributed by atoms with Crippen molar-refractivity contribution in [2.75, 3.05) is 26.2 Å². The molecule has 0 radical (unpaired) electrons. The molecule has 1 atom stereocenters. The van der Waals surface area contributed by atoms with Crippen molar-refractivity contribution < 1.29 is 14.3 Å². The van der Waals surface area contributed by atoms with Crippen molar-refractivity contribution in [2.45, 2.75) is 44.9 Å². The molecule has 0 spiro atoms. The highest BCUT2D eigenvalue weighted by molar-refractivity contribution is 5.88. The van der Waals surface area contributed by atoms with Gasteiger partial charge in [0.2, 0.25) is 5.91 Å². The van der Waals surface area contributed by atoms with Crippen molar-refractivity contribution in [2.24, 2.45) is 0 Å². The Morgan fingerprint density at radius 1 is 1.12 bits per heavy atom. The SMILES string of the molecule is O=C(N[C@@H]1CCc2ccc3[nH]ncc3c2CN(CCN2CCCC2)C1=O)OCc1ccccc1. The lowest BCUT2D eigenvalue weighted by molar-refractivity contribution is -0.134. The number of aryl methyl sites for hydroxylation is 1. The Morgan fingerprint density at radius 3 is 2.76 bits per heavy atom. The number of ether oxygens (including phenoxy) is 1. The van der Waals surface area contributed by atoms with E-state index in [9.17, 15) is 9.59 Å². The van der Waals surface area contributed by atoms with Crippen LogP contribution in [0.2, 0.25) is 0 Å². The number of nitrogens with zero attached hydrogens (tertiary/aromatic N) is 3. The van der Waals surface area contributed by atoms with E-state index < -0.39 is 12.1 Å². The molecule has 2 N–H and O–H groups in total. The quantitative estimate of drug-likeness (QED) is 0.588. The number of fused-ring (bicyclic) bond motifs is 3. The molecule has 8 heteroatoms. The molecule has 0 saturated carbocycles. The number of aromatic amines is 1. The molecule has 1 aromatic heterocycles. The molecule has 0 unspecified atom stereocenters. The van der Waals surface area contributed by atoms with E-state index in [-0.39, 0.29) is 12.5 Å². The predicted octanol–water partition coefficient (Wildman–Crippen LogP) is 3.23. The number of rotatable bonds is 6. The van der Waals surface area contributed by atoms with Crippen LogP contribution in [0.4, 0.5) is 4.79 Å². The molecule has 34 heavy (non-hydrogen) atoms. The first-order valence-corrected chi connectivity index (χ1v) is 12.1. The summed E-state index contributed by atoms with van der Waals surface area (Å²) < 4.78 is 5.40. The Bertz CT molecular complexity index is 1140. The van der Waals surface area contributed by atoms with Gasteiger partial charge < -0.3 is 19.9 Å². The zero-order valence-electron chi connectivity index (χ0n) is 19.3. The molecule has 2 aliphatic rings. The summed E-state index contributed by atoms with van der Waals surface area (Å²) in [5, 5.41) is 11.1. The summed E-state index contributed by atoms with van der Waals surface area (Å²) in [6.45, 7) is 4.32. The van der Waals surface area contributed by atoms with Crippen molar-refractivity contribution in [3.05, 3.63) is 65.4 Å². The van der Waals surface area contributed by atoms with Gasteiger partial charge in [-0.15, -0.1) is 0 Å². The summed E-state index contributed by atoms with van der Waals surface area (Å²) in [7, 11) is 0. The number of hydrogen-bond acceptors (Lipinski definition) is 5. The number of H-pyrrole nitrogens is 1. The largest absolute Gasteiger partial charge is 0.445 e. The Morgan fingerprint density at radius 2 is 1.94 bits per heavy atom. The molecule has 5 rings (SSSR count). The van der Waals surface area contributed by atoms with Gasteiger partial charge in [0.15, 0.2) is 0 Å². The minimum absolute atomic E-state index is 0.0537. The maximum absolute atomic E-state index is 13.6. The number of likely N-dealkylation sites (tertiary alicyclic amines) is 1. The molecule has 2 aromatic carbocycles. The highest BCUT2D eigenvalue weighted by atomic mass is 16.5. The van der Waals surface area contributed by atoms with Crippen LogP contribution < -0.4 is 5.32 Å². The van der Waals surface area contributed by atoms with Crippen LogP contribution in [0.25, 0.3) is 10.9 Å². The molecule has 1 saturated heterocycles. The first-order valence-electron chi connectivity index (χ1n) is 12.1. The second-order valence-corrected chi connectivity index (χ2v) is 9.14. The summed E-state index contributed by atoms with van der Waals surface area (Å²) in [6.07, 6.45) is 4.93. The van der Waals surface area contributed by atoms with Gasteiger partial charge >= 0.3 is 6.09 Å². The Balaban J connectivity index is 1.32. The van der Waals surface area contributed by atoms with Crippen LogP contribution in [0.5, 0.6) is 0 Å². The zero-order valence-corrected chi connectivity index (χ0v) is 19.3. The first kappa shape index (κ1) is 22.4. The second kappa shape index (κ2) is 10.3. The fraction of sp³-hybridized carbons (Fsp3) is 0.423. The summed E-state index contributed by atoms with van der Waals surface area (Å²) in [6, 6.07) is 13.1. The molecular weight excluding hydrogens is 430 g/mol. The Hall–Kier alpha value is -3.39. The van der Waals surface area contributed by atoms with E-state index in [1.54, 1.807) is 0 Å². The number of benzene rings is 2. The normalized spacial score (nSPS) is 19.0. The molecule has 0 bridgehead atoms. The number of amides is 2. The van der Waals surface area contributed by atoms with E-state index in [1.807, 2.05) is 47.5 Å². The first-order chi connectivity index (χ1) is 16.7. The highest BCUT2D eigenvalue weighted by Crippen LogP contribution is 2.26. The van der Waals surface area contributed by atoms with Gasteiger partial charge in [-0.05, 0) is 61.5 Å². The lowest BCUT2D eigenvalue weighted by atomic mass is 9.94. The summed E-state index contributed by atoms with van der Waals surface area (Å²) in [5.74, 6) is -0.0537. The summed E-state index contributed by atoms with van der Waals surface area (Å²) in [4.78, 5) is 30.5. The molecule has 0 aliphatic carbocycles. The van der Waals surface area contributed by atoms with Gasteiger partial charge in [-0.1, -0.05) is 36.4 Å². The molecule has 8 nitrogen and oxygen atoms in total. The number of aromatic nitrogens is 2. The van der Waals surface area contributed by atoms with Crippen molar-refractivity contribution in [1.82, 2.24) is 25.3 Å². The van der Waals surface area contributed by atoms with Crippen LogP contribution in [0.1, 0.15) is 36.0 Å². The zero-order chi connectivity index (χ0) is 23.3. The molecule has 3 aromatic rings. The molecule has 2 aliphatic heterocycles. The Kier molecular flexibility index (Phi) is 6.76. The van der Waals surface area contributed by atoms with Gasteiger partial charge in [-0.3, -0.25) is 9.89 Å². The van der Waals surface area contributed by atoms with Crippen LogP contribution in [0, 0.1) is 0 Å². The van der Waals surface area contributed by atoms with E-state index in [0.29, 0.717) is 25.9 Å². The van der Waals surface area contributed by atoms with Gasteiger partial charge in [0.1, 0.15) is 12.6 Å². The minimum atomic E-state index is -0.616. The fourth-order valence-electron chi connectivity index (χ4n) is 4.95. The second-order valence-electron chi connectivity index (χ2n) is 9.14. The van der Waals surface area contributed by atoms with Gasteiger partial charge in [-0.25, -0.2) is 4.79 Å². The lowest BCUT2D eigenvalue weighted by Gasteiger charge is -2.32. The van der Waals surface area contributed by atoms with Crippen LogP contribution >= 0.6 is 0 Å². The smallest absolute Gasteiger partial charge is 0.408 e. The van der Waals surface area contributed by atoms with Gasteiger partial charge in [-0.2, -0.15) is 5.10 Å². The molecule has 178 valence electrons. The average molecular weight is 462 g/mol. The number of nitrogens with one attached hydrogen (secondary N) is 2. The van der Waals surface area contributed by atoms with Crippen LogP contribution in [0.15, 0.2) is 48.7 Å². The molecular formula is C26H31N5O3. The number of alkyl carbamates (subject to hydrolysis) is 1. The van der Waals surface area contributed by atoms with Crippen molar-refractivity contribution in [3.63, 3.8) is 0 Å². The minimum Gasteiger partial charge on any atom is -0.445 e. The number of hydrogen-bond donors (Lipinski definition) is 2. The highest BCUT2D eigenvalue weighted by Gasteiger charge is 2.30. The number of carbonyl (C=O) groups excluding carboxylic acids is 2. The lowest BCUT2D eigenvalue weighted by Crippen LogP contribution is -2.51. The average Bonchev–Trinajstić information content (AvgIpc) is 3.55. The third-order valence-electron chi connectivity index (χ3n) is 6.88. The van der Waals surface area contributed by atoms with E-state index in [0.717, 1.165) is 41.7 Å². The summed E-state index contributed by atoms with van der Waals surface area (Å²) in [5.41, 5.74) is 4.22. The molecule has 3 heterocycles. The van der Waals surface area contributed by atoms with Gasteiger partial charge in [0.25, 0.3) is 0 Å². The fourth-order valence-corrected chi connectivity index (χ4v) is 4.95. The van der Waals surface area contributed by atoms with E-state index in [4.69, 9.17) is 4.74 Å². The van der Waals surface area contributed by atoms with E-state index in [1.165, 1.54) is 18.4 Å². The predicted molar refractivity (Wildman–Crippen MR) is 129 cm³/mol. The third-order valence-corrected chi connectivity index (χ3v) is 6.88. The molecule has 2 amide bonds. The topological polar surface area (TPSA) is 90.6 Å². The van der Waals surface area contributed by atoms with Crippen molar-refractivity contribution in [3.8, 4) is 0 Å².